The van der Waals surface area contributed by atoms with Gasteiger partial charge in [0.2, 0.25) is 0 Å². The zero-order valence-electron chi connectivity index (χ0n) is 10.9. The summed E-state index contributed by atoms with van der Waals surface area (Å²) in [6, 6.07) is 5.37. The Labute approximate surface area is 102 Å². The summed E-state index contributed by atoms with van der Waals surface area (Å²) in [6.45, 7) is 5.59. The van der Waals surface area contributed by atoms with Gasteiger partial charge in [0.05, 0.1) is 7.11 Å². The van der Waals surface area contributed by atoms with Gasteiger partial charge in [0.1, 0.15) is 11.9 Å². The summed E-state index contributed by atoms with van der Waals surface area (Å²) in [5, 5.41) is 9.95. The molecule has 3 nitrogen and oxygen atoms in total. The van der Waals surface area contributed by atoms with Crippen LogP contribution in [0.1, 0.15) is 38.0 Å². The normalized spacial score (nSPS) is 12.6. The van der Waals surface area contributed by atoms with Gasteiger partial charge >= 0.3 is 0 Å². The van der Waals surface area contributed by atoms with Crippen molar-refractivity contribution in [2.24, 2.45) is 5.92 Å². The first kappa shape index (κ1) is 13.7. The van der Waals surface area contributed by atoms with Crippen LogP contribution in [0.5, 0.6) is 5.75 Å². The minimum absolute atomic E-state index is 0.155. The van der Waals surface area contributed by atoms with Crippen molar-refractivity contribution in [2.75, 3.05) is 7.11 Å². The number of ether oxygens (including phenoxy) is 1. The van der Waals surface area contributed by atoms with Gasteiger partial charge in [0.15, 0.2) is 5.78 Å². The lowest BCUT2D eigenvalue weighted by atomic mass is 9.96. The van der Waals surface area contributed by atoms with Crippen molar-refractivity contribution in [3.63, 3.8) is 0 Å². The molecule has 17 heavy (non-hydrogen) atoms. The second kappa shape index (κ2) is 5.82. The maximum Gasteiger partial charge on any atom is 0.168 e. The fraction of sp³-hybridized carbons (Fsp3) is 0.500. The van der Waals surface area contributed by atoms with Crippen LogP contribution in [0, 0.1) is 5.92 Å². The number of hydrogen-bond donors (Lipinski definition) is 1. The Morgan fingerprint density at radius 2 is 2.06 bits per heavy atom. The van der Waals surface area contributed by atoms with Crippen molar-refractivity contribution in [1.82, 2.24) is 0 Å². The molecule has 0 saturated heterocycles. The van der Waals surface area contributed by atoms with Gasteiger partial charge in [-0.25, -0.2) is 0 Å². The molecule has 1 atom stereocenters. The minimum atomic E-state index is -1.04. The average Bonchev–Trinajstić information content (AvgIpc) is 2.35. The number of carbonyl (C=O) groups is 1. The Kier molecular flexibility index (Phi) is 4.70. The average molecular weight is 236 g/mol. The summed E-state index contributed by atoms with van der Waals surface area (Å²) in [5.74, 6) is 0.467. The Morgan fingerprint density at radius 1 is 1.41 bits per heavy atom. The van der Waals surface area contributed by atoms with E-state index in [4.69, 9.17) is 4.74 Å². The quantitative estimate of drug-likeness (QED) is 0.854. The molecule has 0 heterocycles. The van der Waals surface area contributed by atoms with Crippen molar-refractivity contribution >= 4 is 5.78 Å². The third-order valence-electron chi connectivity index (χ3n) is 2.84. The van der Waals surface area contributed by atoms with E-state index in [1.54, 1.807) is 33.1 Å². The zero-order valence-corrected chi connectivity index (χ0v) is 10.9. The smallest absolute Gasteiger partial charge is 0.168 e. The molecule has 0 amide bonds. The molecule has 0 aliphatic heterocycles. The Bertz CT molecular complexity index is 396. The predicted molar refractivity (Wildman–Crippen MR) is 67.2 cm³/mol. The molecule has 1 unspecified atom stereocenters. The number of aliphatic hydroxyl groups is 1. The van der Waals surface area contributed by atoms with Gasteiger partial charge in [0, 0.05) is 5.92 Å². The van der Waals surface area contributed by atoms with Gasteiger partial charge in [-0.1, -0.05) is 26.8 Å². The van der Waals surface area contributed by atoms with Gasteiger partial charge in [0.25, 0.3) is 0 Å². The second-order valence-electron chi connectivity index (χ2n) is 4.38. The van der Waals surface area contributed by atoms with E-state index in [1.165, 1.54) is 0 Å². The van der Waals surface area contributed by atoms with Crippen molar-refractivity contribution in [1.29, 1.82) is 0 Å². The summed E-state index contributed by atoms with van der Waals surface area (Å²) in [6.07, 6.45) is -0.231. The lowest BCUT2D eigenvalue weighted by molar-refractivity contribution is -0.130. The number of benzene rings is 1. The summed E-state index contributed by atoms with van der Waals surface area (Å²) >= 11 is 0. The SMILES string of the molecule is CCc1cc(C(O)C(=O)C(C)C)ccc1OC. The van der Waals surface area contributed by atoms with Crippen LogP contribution in [-0.4, -0.2) is 18.0 Å². The maximum absolute atomic E-state index is 11.7. The molecule has 1 N–H and O–H groups in total. The van der Waals surface area contributed by atoms with Crippen molar-refractivity contribution in [2.45, 2.75) is 33.3 Å². The number of Topliss-reactive ketones (excluding diaryl/α,β-unsaturated/α-hetero) is 1. The number of carbonyl (C=O) groups excluding carboxylic acids is 1. The highest BCUT2D eigenvalue weighted by Gasteiger charge is 2.20. The van der Waals surface area contributed by atoms with Crippen LogP contribution in [0.2, 0.25) is 0 Å². The van der Waals surface area contributed by atoms with Crippen LogP contribution in [-0.2, 0) is 11.2 Å². The number of methoxy groups -OCH3 is 1. The highest BCUT2D eigenvalue weighted by Crippen LogP contribution is 2.25. The van der Waals surface area contributed by atoms with Crippen LogP contribution < -0.4 is 4.74 Å². The molecular weight excluding hydrogens is 216 g/mol. The Hall–Kier alpha value is -1.35. The van der Waals surface area contributed by atoms with E-state index in [1.807, 2.05) is 13.0 Å². The number of aryl methyl sites for hydroxylation is 1. The van der Waals surface area contributed by atoms with E-state index in [0.717, 1.165) is 17.7 Å². The number of hydrogen-bond acceptors (Lipinski definition) is 3. The molecule has 0 fully saturated rings. The largest absolute Gasteiger partial charge is 0.496 e. The number of aliphatic hydroxyl groups excluding tert-OH is 1. The van der Waals surface area contributed by atoms with Crippen molar-refractivity contribution in [3.8, 4) is 5.75 Å². The first-order chi connectivity index (χ1) is 8.01. The fourth-order valence-corrected chi connectivity index (χ4v) is 1.72. The van der Waals surface area contributed by atoms with E-state index in [9.17, 15) is 9.90 Å². The van der Waals surface area contributed by atoms with Crippen LogP contribution >= 0.6 is 0 Å². The van der Waals surface area contributed by atoms with E-state index >= 15 is 0 Å². The van der Waals surface area contributed by atoms with Gasteiger partial charge in [-0.15, -0.1) is 0 Å². The standard InChI is InChI=1S/C14H20O3/c1-5-10-8-11(6-7-12(10)17-4)14(16)13(15)9(2)3/h6-9,14,16H,5H2,1-4H3. The van der Waals surface area contributed by atoms with Crippen molar-refractivity contribution in [3.05, 3.63) is 29.3 Å². The third kappa shape index (κ3) is 3.07. The van der Waals surface area contributed by atoms with Gasteiger partial charge in [-0.3, -0.25) is 4.79 Å². The molecule has 1 aromatic carbocycles. The third-order valence-corrected chi connectivity index (χ3v) is 2.84. The fourth-order valence-electron chi connectivity index (χ4n) is 1.72. The lowest BCUT2D eigenvalue weighted by Crippen LogP contribution is -2.17. The molecule has 0 aliphatic rings. The second-order valence-corrected chi connectivity index (χ2v) is 4.38. The van der Waals surface area contributed by atoms with Crippen molar-refractivity contribution < 1.29 is 14.6 Å². The van der Waals surface area contributed by atoms with Gasteiger partial charge < -0.3 is 9.84 Å². The molecule has 0 aromatic heterocycles. The molecule has 94 valence electrons. The minimum Gasteiger partial charge on any atom is -0.496 e. The van der Waals surface area contributed by atoms with Gasteiger partial charge in [-0.2, -0.15) is 0 Å². The molecule has 0 bridgehead atoms. The summed E-state index contributed by atoms with van der Waals surface area (Å²) < 4.78 is 5.21. The van der Waals surface area contributed by atoms with E-state index in [-0.39, 0.29) is 11.7 Å². The van der Waals surface area contributed by atoms with E-state index in [0.29, 0.717) is 5.56 Å². The van der Waals surface area contributed by atoms with E-state index < -0.39 is 6.10 Å². The predicted octanol–water partition coefficient (Wildman–Crippen LogP) is 2.52. The van der Waals surface area contributed by atoms with Crippen LogP contribution in [0.15, 0.2) is 18.2 Å². The maximum atomic E-state index is 11.7. The monoisotopic (exact) mass is 236 g/mol. The Balaban J connectivity index is 3.03. The summed E-state index contributed by atoms with van der Waals surface area (Å²) in [4.78, 5) is 11.7. The number of ketones is 1. The molecule has 0 saturated carbocycles. The topological polar surface area (TPSA) is 46.5 Å². The molecule has 0 aliphatic carbocycles. The van der Waals surface area contributed by atoms with Crippen LogP contribution in [0.4, 0.5) is 0 Å². The van der Waals surface area contributed by atoms with E-state index in [2.05, 4.69) is 0 Å². The molecular formula is C14H20O3. The van der Waals surface area contributed by atoms with Crippen LogP contribution in [0.3, 0.4) is 0 Å². The summed E-state index contributed by atoms with van der Waals surface area (Å²) in [7, 11) is 1.61. The highest BCUT2D eigenvalue weighted by atomic mass is 16.5. The summed E-state index contributed by atoms with van der Waals surface area (Å²) in [5.41, 5.74) is 1.64. The molecule has 0 spiro atoms. The van der Waals surface area contributed by atoms with Gasteiger partial charge in [-0.05, 0) is 29.7 Å². The lowest BCUT2D eigenvalue weighted by Gasteiger charge is -2.15. The number of rotatable bonds is 5. The van der Waals surface area contributed by atoms with Crippen LogP contribution in [0.25, 0.3) is 0 Å². The molecule has 3 heteroatoms. The molecule has 0 radical (unpaired) electrons. The molecule has 1 rings (SSSR count). The molecule has 1 aromatic rings. The first-order valence-electron chi connectivity index (χ1n) is 5.89. The first-order valence-corrected chi connectivity index (χ1v) is 5.89. The zero-order chi connectivity index (χ0) is 13.0. The Morgan fingerprint density at radius 3 is 2.53 bits per heavy atom. The highest BCUT2D eigenvalue weighted by molar-refractivity contribution is 5.85.